The van der Waals surface area contributed by atoms with Crippen LogP contribution in [0.1, 0.15) is 30.1 Å². The number of imidazole rings is 1. The van der Waals surface area contributed by atoms with Crippen LogP contribution in [0.4, 0.5) is 0 Å². The number of hydrogen-bond donors (Lipinski definition) is 1. The first-order valence-corrected chi connectivity index (χ1v) is 7.27. The Morgan fingerprint density at radius 3 is 3.00 bits per heavy atom. The third-order valence-corrected chi connectivity index (χ3v) is 4.07. The van der Waals surface area contributed by atoms with Crippen LogP contribution in [0, 0.1) is 18.3 Å². The molecule has 5 heteroatoms. The smallest absolute Gasteiger partial charge is 0.120 e. The number of H-pyrrole nitrogens is 1. The number of rotatable bonds is 3. The maximum absolute atomic E-state index is 9.74. The minimum absolute atomic E-state index is 0.499. The van der Waals surface area contributed by atoms with Crippen molar-refractivity contribution in [2.45, 2.75) is 31.7 Å². The van der Waals surface area contributed by atoms with Crippen LogP contribution in [-0.2, 0) is 12.0 Å². The van der Waals surface area contributed by atoms with Gasteiger partial charge in [0.05, 0.1) is 18.3 Å². The summed E-state index contributed by atoms with van der Waals surface area (Å²) in [6.45, 7) is 4.46. The predicted octanol–water partition coefficient (Wildman–Crippen LogP) is 2.17. The summed E-state index contributed by atoms with van der Waals surface area (Å²) in [5, 5.41) is 9.74. The molecule has 1 saturated heterocycles. The van der Waals surface area contributed by atoms with Crippen molar-refractivity contribution in [2.75, 3.05) is 13.1 Å². The number of likely N-dealkylation sites (tertiary alicyclic amines) is 1. The molecule has 0 aliphatic carbocycles. The lowest BCUT2D eigenvalue weighted by Gasteiger charge is -2.37. The first-order valence-electron chi connectivity index (χ1n) is 7.27. The van der Waals surface area contributed by atoms with Gasteiger partial charge in [-0.05, 0) is 38.4 Å². The van der Waals surface area contributed by atoms with E-state index in [0.717, 1.165) is 43.1 Å². The van der Waals surface area contributed by atoms with E-state index in [1.165, 1.54) is 0 Å². The lowest BCUT2D eigenvalue weighted by Crippen LogP contribution is -2.45. The number of nitrogens with one attached hydrogen (secondary N) is 1. The molecular weight excluding hydrogens is 262 g/mol. The Balaban J connectivity index is 1.79. The van der Waals surface area contributed by atoms with Crippen LogP contribution in [0.25, 0.3) is 0 Å². The van der Waals surface area contributed by atoms with Gasteiger partial charge in [0.2, 0.25) is 0 Å². The van der Waals surface area contributed by atoms with Crippen molar-refractivity contribution >= 4 is 0 Å². The number of pyridine rings is 1. The Bertz CT molecular complexity index is 642. The van der Waals surface area contributed by atoms with Crippen LogP contribution >= 0.6 is 0 Å². The molecule has 2 aromatic rings. The topological polar surface area (TPSA) is 68.6 Å². The van der Waals surface area contributed by atoms with E-state index in [-0.39, 0.29) is 0 Å². The first-order chi connectivity index (χ1) is 10.2. The van der Waals surface area contributed by atoms with E-state index in [4.69, 9.17) is 0 Å². The number of aromatic nitrogens is 3. The van der Waals surface area contributed by atoms with Crippen molar-refractivity contribution < 1.29 is 0 Å². The zero-order valence-corrected chi connectivity index (χ0v) is 12.2. The zero-order chi connectivity index (χ0) is 14.7. The lowest BCUT2D eigenvalue weighted by molar-refractivity contribution is 0.164. The fraction of sp³-hybridized carbons (Fsp3) is 0.438. The monoisotopic (exact) mass is 281 g/mol. The molecule has 5 nitrogen and oxygen atoms in total. The quantitative estimate of drug-likeness (QED) is 0.936. The molecule has 0 spiro atoms. The van der Waals surface area contributed by atoms with Crippen molar-refractivity contribution in [1.82, 2.24) is 19.9 Å². The largest absolute Gasteiger partial charge is 0.345 e. The van der Waals surface area contributed by atoms with E-state index >= 15 is 0 Å². The van der Waals surface area contributed by atoms with Gasteiger partial charge in [-0.2, -0.15) is 5.26 Å². The summed E-state index contributed by atoms with van der Waals surface area (Å²) in [7, 11) is 0. The number of piperidine rings is 1. The Morgan fingerprint density at radius 2 is 2.33 bits per heavy atom. The molecular formula is C16H19N5. The average Bonchev–Trinajstić information content (AvgIpc) is 2.93. The summed E-state index contributed by atoms with van der Waals surface area (Å²) in [5.74, 6) is 0.960. The molecule has 3 rings (SSSR count). The second-order valence-corrected chi connectivity index (χ2v) is 5.74. The number of hydrogen-bond acceptors (Lipinski definition) is 4. The van der Waals surface area contributed by atoms with Crippen LogP contribution in [0.15, 0.2) is 30.6 Å². The molecule has 1 fully saturated rings. The standard InChI is InChI=1S/C16H19N5/c1-13-9-19-15(20-13)10-21-8-4-6-16(11-17,12-21)14-5-2-3-7-18-14/h2-3,5,7,9H,4,6,8,10,12H2,1H3,(H,19,20). The molecule has 1 aliphatic heterocycles. The van der Waals surface area contributed by atoms with Gasteiger partial charge >= 0.3 is 0 Å². The second kappa shape index (κ2) is 5.66. The summed E-state index contributed by atoms with van der Waals surface area (Å²) >= 11 is 0. The predicted molar refractivity (Wildman–Crippen MR) is 79.4 cm³/mol. The maximum atomic E-state index is 9.74. The highest BCUT2D eigenvalue weighted by atomic mass is 15.2. The third-order valence-electron chi connectivity index (χ3n) is 4.07. The van der Waals surface area contributed by atoms with Crippen molar-refractivity contribution in [3.63, 3.8) is 0 Å². The second-order valence-electron chi connectivity index (χ2n) is 5.74. The Hall–Kier alpha value is -2.19. The van der Waals surface area contributed by atoms with Crippen LogP contribution < -0.4 is 0 Å². The summed E-state index contributed by atoms with van der Waals surface area (Å²) in [6.07, 6.45) is 5.48. The van der Waals surface area contributed by atoms with E-state index in [0.29, 0.717) is 6.54 Å². The molecule has 0 radical (unpaired) electrons. The zero-order valence-electron chi connectivity index (χ0n) is 12.2. The number of aromatic amines is 1. The van der Waals surface area contributed by atoms with Gasteiger partial charge in [-0.1, -0.05) is 6.07 Å². The van der Waals surface area contributed by atoms with Gasteiger partial charge in [0, 0.05) is 24.6 Å². The van der Waals surface area contributed by atoms with Crippen molar-refractivity contribution in [1.29, 1.82) is 5.26 Å². The van der Waals surface area contributed by atoms with Gasteiger partial charge in [-0.25, -0.2) is 4.98 Å². The molecule has 0 amide bonds. The van der Waals surface area contributed by atoms with E-state index in [9.17, 15) is 5.26 Å². The molecule has 1 N–H and O–H groups in total. The van der Waals surface area contributed by atoms with Crippen LogP contribution in [0.3, 0.4) is 0 Å². The molecule has 21 heavy (non-hydrogen) atoms. The molecule has 2 aromatic heterocycles. The highest BCUT2D eigenvalue weighted by molar-refractivity contribution is 5.28. The number of nitrogens with zero attached hydrogens (tertiary/aromatic N) is 4. The van der Waals surface area contributed by atoms with Gasteiger partial charge in [0.1, 0.15) is 11.2 Å². The van der Waals surface area contributed by atoms with Crippen LogP contribution in [0.5, 0.6) is 0 Å². The van der Waals surface area contributed by atoms with Gasteiger partial charge in [0.15, 0.2) is 0 Å². The van der Waals surface area contributed by atoms with Gasteiger partial charge in [-0.3, -0.25) is 9.88 Å². The highest BCUT2D eigenvalue weighted by Crippen LogP contribution is 2.32. The van der Waals surface area contributed by atoms with Gasteiger partial charge in [0.25, 0.3) is 0 Å². The van der Waals surface area contributed by atoms with Crippen molar-refractivity contribution in [2.24, 2.45) is 0 Å². The SMILES string of the molecule is Cc1cnc(CN2CCCC(C#N)(c3ccccn3)C2)[nH]1. The Morgan fingerprint density at radius 1 is 1.43 bits per heavy atom. The van der Waals surface area contributed by atoms with Crippen LogP contribution in [0.2, 0.25) is 0 Å². The number of nitriles is 1. The fourth-order valence-electron chi connectivity index (χ4n) is 3.04. The van der Waals surface area contributed by atoms with Gasteiger partial charge in [-0.15, -0.1) is 0 Å². The molecule has 0 bridgehead atoms. The minimum atomic E-state index is -0.499. The summed E-state index contributed by atoms with van der Waals surface area (Å²) < 4.78 is 0. The first kappa shape index (κ1) is 13.8. The molecule has 108 valence electrons. The maximum Gasteiger partial charge on any atom is 0.120 e. The van der Waals surface area contributed by atoms with E-state index in [1.54, 1.807) is 6.20 Å². The van der Waals surface area contributed by atoms with Crippen molar-refractivity contribution in [3.8, 4) is 6.07 Å². The molecule has 1 aliphatic rings. The Kier molecular flexibility index (Phi) is 3.72. The Labute approximate surface area is 124 Å². The molecule has 0 aromatic carbocycles. The number of aryl methyl sites for hydroxylation is 1. The fourth-order valence-corrected chi connectivity index (χ4v) is 3.04. The van der Waals surface area contributed by atoms with E-state index in [2.05, 4.69) is 25.9 Å². The van der Waals surface area contributed by atoms with Crippen molar-refractivity contribution in [3.05, 3.63) is 47.8 Å². The molecule has 1 unspecified atom stereocenters. The van der Waals surface area contributed by atoms with Gasteiger partial charge < -0.3 is 4.98 Å². The summed E-state index contributed by atoms with van der Waals surface area (Å²) in [4.78, 5) is 14.3. The highest BCUT2D eigenvalue weighted by Gasteiger charge is 2.38. The van der Waals surface area contributed by atoms with E-state index < -0.39 is 5.41 Å². The van der Waals surface area contributed by atoms with Crippen LogP contribution in [-0.4, -0.2) is 32.9 Å². The normalized spacial score (nSPS) is 22.9. The summed E-state index contributed by atoms with van der Waals surface area (Å²) in [6, 6.07) is 8.33. The lowest BCUT2D eigenvalue weighted by atomic mass is 9.78. The minimum Gasteiger partial charge on any atom is -0.345 e. The van der Waals surface area contributed by atoms with E-state index in [1.807, 2.05) is 31.3 Å². The summed E-state index contributed by atoms with van der Waals surface area (Å²) in [5.41, 5.74) is 1.45. The molecule has 3 heterocycles. The third kappa shape index (κ3) is 2.81. The molecule has 1 atom stereocenters. The molecule has 0 saturated carbocycles. The average molecular weight is 281 g/mol.